The maximum atomic E-state index is 10.9. The van der Waals surface area contributed by atoms with E-state index in [4.69, 9.17) is 10.5 Å². The van der Waals surface area contributed by atoms with Crippen LogP contribution in [-0.4, -0.2) is 35.9 Å². The van der Waals surface area contributed by atoms with Crippen LogP contribution in [0.25, 0.3) is 0 Å². The Kier molecular flexibility index (Phi) is 4.19. The SMILES string of the molecule is CC1OCCC1(O)CNCc1ccc(C(N)=O)cc1. The van der Waals surface area contributed by atoms with E-state index in [0.29, 0.717) is 31.7 Å². The fraction of sp³-hybridized carbons (Fsp3) is 0.500. The van der Waals surface area contributed by atoms with Crippen molar-refractivity contribution in [3.8, 4) is 0 Å². The average Bonchev–Trinajstić information content (AvgIpc) is 2.70. The van der Waals surface area contributed by atoms with Crippen LogP contribution in [0.1, 0.15) is 29.3 Å². The molecule has 1 fully saturated rings. The minimum Gasteiger partial charge on any atom is -0.386 e. The first-order valence-electron chi connectivity index (χ1n) is 6.45. The molecule has 1 aromatic carbocycles. The van der Waals surface area contributed by atoms with E-state index in [0.717, 1.165) is 5.56 Å². The Bertz CT molecular complexity index is 447. The third-order valence-corrected chi connectivity index (χ3v) is 3.66. The Labute approximate surface area is 112 Å². The molecule has 1 aliphatic heterocycles. The zero-order chi connectivity index (χ0) is 13.9. The van der Waals surface area contributed by atoms with Gasteiger partial charge in [-0.2, -0.15) is 0 Å². The topological polar surface area (TPSA) is 84.6 Å². The quantitative estimate of drug-likeness (QED) is 0.719. The van der Waals surface area contributed by atoms with Crippen LogP contribution < -0.4 is 11.1 Å². The van der Waals surface area contributed by atoms with E-state index in [-0.39, 0.29) is 6.10 Å². The summed E-state index contributed by atoms with van der Waals surface area (Å²) < 4.78 is 5.37. The molecule has 1 saturated heterocycles. The minimum absolute atomic E-state index is 0.141. The summed E-state index contributed by atoms with van der Waals surface area (Å²) in [5, 5.41) is 13.5. The fourth-order valence-electron chi connectivity index (χ4n) is 2.21. The van der Waals surface area contributed by atoms with Gasteiger partial charge in [0.25, 0.3) is 0 Å². The lowest BCUT2D eigenvalue weighted by Gasteiger charge is -2.26. The summed E-state index contributed by atoms with van der Waals surface area (Å²) >= 11 is 0. The van der Waals surface area contributed by atoms with Gasteiger partial charge in [0.1, 0.15) is 5.60 Å². The first-order valence-corrected chi connectivity index (χ1v) is 6.45. The summed E-state index contributed by atoms with van der Waals surface area (Å²) in [6.45, 7) is 3.61. The summed E-state index contributed by atoms with van der Waals surface area (Å²) in [5.74, 6) is -0.425. The molecule has 0 saturated carbocycles. The summed E-state index contributed by atoms with van der Waals surface area (Å²) in [6.07, 6.45) is 0.513. The van der Waals surface area contributed by atoms with Crippen molar-refractivity contribution in [3.05, 3.63) is 35.4 Å². The van der Waals surface area contributed by atoms with Gasteiger partial charge < -0.3 is 20.9 Å². The second-order valence-corrected chi connectivity index (χ2v) is 5.03. The zero-order valence-corrected chi connectivity index (χ0v) is 11.1. The summed E-state index contributed by atoms with van der Waals surface area (Å²) in [4.78, 5) is 10.9. The molecule has 2 unspecified atom stereocenters. The second kappa shape index (κ2) is 5.69. The molecule has 5 heteroatoms. The van der Waals surface area contributed by atoms with E-state index >= 15 is 0 Å². The van der Waals surface area contributed by atoms with Gasteiger partial charge in [0.2, 0.25) is 5.91 Å². The number of aliphatic hydroxyl groups is 1. The third kappa shape index (κ3) is 3.32. The van der Waals surface area contributed by atoms with Crippen molar-refractivity contribution in [1.29, 1.82) is 0 Å². The number of hydrogen-bond donors (Lipinski definition) is 3. The van der Waals surface area contributed by atoms with Crippen molar-refractivity contribution in [2.24, 2.45) is 5.73 Å². The highest BCUT2D eigenvalue weighted by atomic mass is 16.5. The van der Waals surface area contributed by atoms with E-state index in [2.05, 4.69) is 5.32 Å². The maximum absolute atomic E-state index is 10.9. The van der Waals surface area contributed by atoms with E-state index in [1.165, 1.54) is 0 Å². The van der Waals surface area contributed by atoms with Crippen LogP contribution in [0.4, 0.5) is 0 Å². The van der Waals surface area contributed by atoms with E-state index in [9.17, 15) is 9.90 Å². The van der Waals surface area contributed by atoms with Gasteiger partial charge >= 0.3 is 0 Å². The van der Waals surface area contributed by atoms with Gasteiger partial charge in [-0.25, -0.2) is 0 Å². The van der Waals surface area contributed by atoms with Crippen molar-refractivity contribution >= 4 is 5.91 Å². The monoisotopic (exact) mass is 264 g/mol. The molecule has 1 aromatic rings. The summed E-state index contributed by atoms with van der Waals surface area (Å²) in [6, 6.07) is 7.11. The lowest BCUT2D eigenvalue weighted by molar-refractivity contribution is -0.0262. The van der Waals surface area contributed by atoms with E-state index in [1.54, 1.807) is 12.1 Å². The van der Waals surface area contributed by atoms with Crippen LogP contribution in [0.15, 0.2) is 24.3 Å². The Balaban J connectivity index is 1.84. The normalized spacial score (nSPS) is 26.5. The highest BCUT2D eigenvalue weighted by Gasteiger charge is 2.38. The van der Waals surface area contributed by atoms with Gasteiger partial charge in [-0.3, -0.25) is 4.79 Å². The Hall–Kier alpha value is -1.43. The third-order valence-electron chi connectivity index (χ3n) is 3.66. The van der Waals surface area contributed by atoms with Crippen LogP contribution in [0.2, 0.25) is 0 Å². The molecule has 0 bridgehead atoms. The van der Waals surface area contributed by atoms with Gasteiger partial charge in [0.05, 0.1) is 6.10 Å². The highest BCUT2D eigenvalue weighted by molar-refractivity contribution is 5.92. The molecule has 104 valence electrons. The smallest absolute Gasteiger partial charge is 0.248 e. The number of carbonyl (C=O) groups excluding carboxylic acids is 1. The molecule has 2 rings (SSSR count). The first kappa shape index (κ1) is 14.0. The lowest BCUT2D eigenvalue weighted by atomic mass is 9.96. The summed E-state index contributed by atoms with van der Waals surface area (Å²) in [7, 11) is 0. The molecule has 19 heavy (non-hydrogen) atoms. The highest BCUT2D eigenvalue weighted by Crippen LogP contribution is 2.24. The van der Waals surface area contributed by atoms with Crippen molar-refractivity contribution in [1.82, 2.24) is 5.32 Å². The molecule has 0 spiro atoms. The molecule has 0 aliphatic carbocycles. The number of rotatable bonds is 5. The van der Waals surface area contributed by atoms with Crippen molar-refractivity contribution in [2.75, 3.05) is 13.2 Å². The van der Waals surface area contributed by atoms with Crippen LogP contribution in [-0.2, 0) is 11.3 Å². The average molecular weight is 264 g/mol. The van der Waals surface area contributed by atoms with Crippen LogP contribution in [0, 0.1) is 0 Å². The Morgan fingerprint density at radius 3 is 2.74 bits per heavy atom. The predicted molar refractivity (Wildman–Crippen MR) is 71.6 cm³/mol. The Morgan fingerprint density at radius 1 is 1.53 bits per heavy atom. The molecule has 0 radical (unpaired) electrons. The molecule has 1 heterocycles. The van der Waals surface area contributed by atoms with Crippen molar-refractivity contribution in [2.45, 2.75) is 31.6 Å². The van der Waals surface area contributed by atoms with Gasteiger partial charge in [0, 0.05) is 31.7 Å². The number of ether oxygens (including phenoxy) is 1. The van der Waals surface area contributed by atoms with Crippen molar-refractivity contribution < 1.29 is 14.6 Å². The molecule has 5 nitrogen and oxygen atoms in total. The van der Waals surface area contributed by atoms with Gasteiger partial charge in [-0.15, -0.1) is 0 Å². The van der Waals surface area contributed by atoms with Crippen LogP contribution in [0.3, 0.4) is 0 Å². The number of amides is 1. The minimum atomic E-state index is -0.785. The first-order chi connectivity index (χ1) is 9.01. The van der Waals surface area contributed by atoms with Gasteiger partial charge in [0.15, 0.2) is 0 Å². The molecule has 1 amide bonds. The standard InChI is InChI=1S/C14H20N2O3/c1-10-14(18,6-7-19-10)9-16-8-11-2-4-12(5-3-11)13(15)17/h2-5,10,16,18H,6-9H2,1H3,(H2,15,17). The molecular weight excluding hydrogens is 244 g/mol. The van der Waals surface area contributed by atoms with E-state index < -0.39 is 11.5 Å². The maximum Gasteiger partial charge on any atom is 0.248 e. The second-order valence-electron chi connectivity index (χ2n) is 5.03. The summed E-state index contributed by atoms with van der Waals surface area (Å²) in [5.41, 5.74) is 5.94. The lowest BCUT2D eigenvalue weighted by Crippen LogP contribution is -2.45. The van der Waals surface area contributed by atoms with Gasteiger partial charge in [-0.1, -0.05) is 12.1 Å². The van der Waals surface area contributed by atoms with Gasteiger partial charge in [-0.05, 0) is 24.6 Å². The van der Waals surface area contributed by atoms with Crippen LogP contribution in [0.5, 0.6) is 0 Å². The largest absolute Gasteiger partial charge is 0.386 e. The van der Waals surface area contributed by atoms with Crippen molar-refractivity contribution in [3.63, 3.8) is 0 Å². The van der Waals surface area contributed by atoms with E-state index in [1.807, 2.05) is 19.1 Å². The predicted octanol–water partition coefficient (Wildman–Crippen LogP) is 0.415. The molecule has 2 atom stereocenters. The number of benzene rings is 1. The Morgan fingerprint density at radius 2 is 2.21 bits per heavy atom. The number of nitrogens with two attached hydrogens (primary N) is 1. The molecule has 0 aromatic heterocycles. The molecular formula is C14H20N2O3. The number of primary amides is 1. The van der Waals surface area contributed by atoms with Crippen LogP contribution >= 0.6 is 0 Å². The number of nitrogens with one attached hydrogen (secondary N) is 1. The number of hydrogen-bond acceptors (Lipinski definition) is 4. The molecule has 4 N–H and O–H groups in total. The fourth-order valence-corrected chi connectivity index (χ4v) is 2.21. The molecule has 1 aliphatic rings. The zero-order valence-electron chi connectivity index (χ0n) is 11.1. The number of carbonyl (C=O) groups is 1.